The minimum atomic E-state index is -0.791. The number of hydrogen-bond donors (Lipinski definition) is 0. The number of rotatable bonds is 3. The van der Waals surface area contributed by atoms with Crippen LogP contribution in [0.1, 0.15) is 37.0 Å². The summed E-state index contributed by atoms with van der Waals surface area (Å²) in [6.07, 6.45) is 5.11. The lowest BCUT2D eigenvalue weighted by Crippen LogP contribution is -2.48. The van der Waals surface area contributed by atoms with Crippen LogP contribution in [0.15, 0.2) is 22.9 Å². The lowest BCUT2D eigenvalue weighted by molar-refractivity contribution is 0.0614. The predicted octanol–water partition coefficient (Wildman–Crippen LogP) is 2.75. The van der Waals surface area contributed by atoms with Gasteiger partial charge in [0.25, 0.3) is 5.91 Å². The Labute approximate surface area is 115 Å². The van der Waals surface area contributed by atoms with Crippen molar-refractivity contribution < 1.29 is 4.79 Å². The topological polar surface area (TPSA) is 57.0 Å². The maximum Gasteiger partial charge on any atom is 0.256 e. The van der Waals surface area contributed by atoms with Gasteiger partial charge < -0.3 is 4.90 Å². The average molecular weight is 308 g/mol. The molecule has 1 aromatic heterocycles. The molecular formula is C13H14BrN3O. The second kappa shape index (κ2) is 4.69. The molecule has 0 bridgehead atoms. The standard InChI is InChI=1S/C13H14BrN3O/c1-13(2,8-15)17(11-3-4-11)12(18)9-5-10(14)7-16-6-9/h5-7,11H,3-4H2,1-2H3. The van der Waals surface area contributed by atoms with Gasteiger partial charge in [0.15, 0.2) is 0 Å². The summed E-state index contributed by atoms with van der Waals surface area (Å²) in [5.41, 5.74) is -0.278. The van der Waals surface area contributed by atoms with Crippen molar-refractivity contribution >= 4 is 21.8 Å². The van der Waals surface area contributed by atoms with Gasteiger partial charge in [-0.15, -0.1) is 0 Å². The fourth-order valence-corrected chi connectivity index (χ4v) is 2.30. The van der Waals surface area contributed by atoms with Crippen molar-refractivity contribution in [2.75, 3.05) is 0 Å². The normalized spacial score (nSPS) is 15.0. The minimum absolute atomic E-state index is 0.127. The van der Waals surface area contributed by atoms with E-state index in [1.807, 2.05) is 0 Å². The SMILES string of the molecule is CC(C)(C#N)N(C(=O)c1cncc(Br)c1)C1CC1. The molecule has 2 rings (SSSR count). The van der Waals surface area contributed by atoms with Crippen molar-refractivity contribution in [2.45, 2.75) is 38.3 Å². The van der Waals surface area contributed by atoms with Gasteiger partial charge >= 0.3 is 0 Å². The molecule has 0 saturated heterocycles. The number of carbonyl (C=O) groups is 1. The summed E-state index contributed by atoms with van der Waals surface area (Å²) in [4.78, 5) is 18.2. The van der Waals surface area contributed by atoms with Gasteiger partial charge in [0.05, 0.1) is 11.6 Å². The Hall–Kier alpha value is -1.41. The van der Waals surface area contributed by atoms with Gasteiger partial charge in [-0.2, -0.15) is 5.26 Å². The van der Waals surface area contributed by atoms with Gasteiger partial charge in [-0.1, -0.05) is 0 Å². The second-order valence-electron chi connectivity index (χ2n) is 4.97. The second-order valence-corrected chi connectivity index (χ2v) is 5.88. The van der Waals surface area contributed by atoms with Crippen molar-refractivity contribution in [1.29, 1.82) is 5.26 Å². The minimum Gasteiger partial charge on any atom is -0.317 e. The molecule has 94 valence electrons. The van der Waals surface area contributed by atoms with E-state index in [0.29, 0.717) is 5.56 Å². The average Bonchev–Trinajstić information content (AvgIpc) is 3.13. The maximum atomic E-state index is 12.5. The molecule has 0 spiro atoms. The lowest BCUT2D eigenvalue weighted by atomic mass is 10.0. The zero-order chi connectivity index (χ0) is 13.3. The van der Waals surface area contributed by atoms with E-state index in [4.69, 9.17) is 0 Å². The highest BCUT2D eigenvalue weighted by Gasteiger charge is 2.42. The van der Waals surface area contributed by atoms with Crippen molar-refractivity contribution in [3.05, 3.63) is 28.5 Å². The van der Waals surface area contributed by atoms with Crippen LogP contribution < -0.4 is 0 Å². The van der Waals surface area contributed by atoms with E-state index in [2.05, 4.69) is 27.0 Å². The molecule has 1 aliphatic carbocycles. The van der Waals surface area contributed by atoms with Crippen LogP contribution in [0, 0.1) is 11.3 Å². The molecule has 4 nitrogen and oxygen atoms in total. The highest BCUT2D eigenvalue weighted by molar-refractivity contribution is 9.10. The first-order chi connectivity index (χ1) is 8.45. The van der Waals surface area contributed by atoms with Crippen LogP contribution in [-0.4, -0.2) is 27.4 Å². The summed E-state index contributed by atoms with van der Waals surface area (Å²) in [6.45, 7) is 3.54. The van der Waals surface area contributed by atoms with E-state index in [9.17, 15) is 10.1 Å². The van der Waals surface area contributed by atoms with Gasteiger partial charge in [0.1, 0.15) is 5.54 Å². The first-order valence-electron chi connectivity index (χ1n) is 5.81. The summed E-state index contributed by atoms with van der Waals surface area (Å²) >= 11 is 3.30. The third-order valence-corrected chi connectivity index (χ3v) is 3.39. The number of nitrogens with zero attached hydrogens (tertiary/aromatic N) is 3. The number of nitriles is 1. The number of carbonyl (C=O) groups excluding carboxylic acids is 1. The molecule has 0 N–H and O–H groups in total. The molecular weight excluding hydrogens is 294 g/mol. The fraction of sp³-hybridized carbons (Fsp3) is 0.462. The smallest absolute Gasteiger partial charge is 0.256 e. The summed E-state index contributed by atoms with van der Waals surface area (Å²) in [6, 6.07) is 4.12. The molecule has 0 aliphatic heterocycles. The van der Waals surface area contributed by atoms with Crippen LogP contribution in [0.5, 0.6) is 0 Å². The van der Waals surface area contributed by atoms with Gasteiger partial charge in [0, 0.05) is 22.9 Å². The monoisotopic (exact) mass is 307 g/mol. The van der Waals surface area contributed by atoms with Crippen LogP contribution >= 0.6 is 15.9 Å². The van der Waals surface area contributed by atoms with Crippen LogP contribution in [0.4, 0.5) is 0 Å². The predicted molar refractivity (Wildman–Crippen MR) is 70.8 cm³/mol. The Morgan fingerprint density at radius 3 is 2.72 bits per heavy atom. The zero-order valence-corrected chi connectivity index (χ0v) is 11.9. The van der Waals surface area contributed by atoms with Crippen LogP contribution in [0.2, 0.25) is 0 Å². The fourth-order valence-electron chi connectivity index (χ4n) is 1.93. The van der Waals surface area contributed by atoms with Gasteiger partial charge in [-0.05, 0) is 48.7 Å². The lowest BCUT2D eigenvalue weighted by Gasteiger charge is -2.33. The van der Waals surface area contributed by atoms with Gasteiger partial charge in [-0.3, -0.25) is 9.78 Å². The molecule has 1 amide bonds. The van der Waals surface area contributed by atoms with Gasteiger partial charge in [-0.25, -0.2) is 0 Å². The summed E-state index contributed by atoms with van der Waals surface area (Å²) in [5.74, 6) is -0.127. The van der Waals surface area contributed by atoms with E-state index < -0.39 is 5.54 Å². The van der Waals surface area contributed by atoms with Crippen LogP contribution in [0.25, 0.3) is 0 Å². The molecule has 5 heteroatoms. The number of pyridine rings is 1. The first-order valence-corrected chi connectivity index (χ1v) is 6.60. The largest absolute Gasteiger partial charge is 0.317 e. The number of aromatic nitrogens is 1. The van der Waals surface area contributed by atoms with Gasteiger partial charge in [0.2, 0.25) is 0 Å². The molecule has 0 unspecified atom stereocenters. The molecule has 1 aliphatic rings. The van der Waals surface area contributed by atoms with Crippen molar-refractivity contribution in [3.63, 3.8) is 0 Å². The Bertz CT molecular complexity index is 517. The number of halogens is 1. The Morgan fingerprint density at radius 2 is 2.22 bits per heavy atom. The van der Waals surface area contributed by atoms with E-state index >= 15 is 0 Å². The summed E-state index contributed by atoms with van der Waals surface area (Å²) < 4.78 is 0.763. The van der Waals surface area contributed by atoms with Crippen molar-refractivity contribution in [2.24, 2.45) is 0 Å². The third-order valence-electron chi connectivity index (χ3n) is 2.96. The van der Waals surface area contributed by atoms with Crippen LogP contribution in [-0.2, 0) is 0 Å². The van der Waals surface area contributed by atoms with Crippen molar-refractivity contribution in [3.8, 4) is 6.07 Å². The molecule has 1 fully saturated rings. The molecule has 0 radical (unpaired) electrons. The Balaban J connectivity index is 2.33. The molecule has 1 heterocycles. The summed E-state index contributed by atoms with van der Waals surface area (Å²) in [7, 11) is 0. The maximum absolute atomic E-state index is 12.5. The molecule has 18 heavy (non-hydrogen) atoms. The highest BCUT2D eigenvalue weighted by atomic mass is 79.9. The molecule has 1 aromatic rings. The molecule has 1 saturated carbocycles. The highest BCUT2D eigenvalue weighted by Crippen LogP contribution is 2.34. The van der Waals surface area contributed by atoms with E-state index in [1.54, 1.807) is 31.0 Å². The molecule has 0 aromatic carbocycles. The first kappa shape index (κ1) is 13.0. The molecule has 0 atom stereocenters. The Morgan fingerprint density at radius 1 is 1.56 bits per heavy atom. The quantitative estimate of drug-likeness (QED) is 0.862. The third kappa shape index (κ3) is 2.54. The summed E-state index contributed by atoms with van der Waals surface area (Å²) in [5, 5.41) is 9.22. The number of hydrogen-bond acceptors (Lipinski definition) is 3. The van der Waals surface area contributed by atoms with E-state index in [-0.39, 0.29) is 11.9 Å². The van der Waals surface area contributed by atoms with Crippen LogP contribution in [0.3, 0.4) is 0 Å². The Kier molecular flexibility index (Phi) is 3.40. The number of amides is 1. The van der Waals surface area contributed by atoms with Crippen molar-refractivity contribution in [1.82, 2.24) is 9.88 Å². The van der Waals surface area contributed by atoms with E-state index in [0.717, 1.165) is 17.3 Å². The van der Waals surface area contributed by atoms with E-state index in [1.165, 1.54) is 6.20 Å². The zero-order valence-electron chi connectivity index (χ0n) is 10.4.